The molecule has 0 heterocycles. The second-order valence-electron chi connectivity index (χ2n) is 3.93. The molecular formula is C12H24ClNO3. The number of carbonyl (C=O) groups is 1. The number of halogens is 1. The highest BCUT2D eigenvalue weighted by Crippen LogP contribution is 2.12. The first-order valence-electron chi connectivity index (χ1n) is 5.85. The third kappa shape index (κ3) is 6.05. The van der Waals surface area contributed by atoms with Crippen molar-refractivity contribution in [1.29, 1.82) is 0 Å². The fraction of sp³-hybridized carbons (Fsp3) is 0.750. The summed E-state index contributed by atoms with van der Waals surface area (Å²) in [6.45, 7) is 12.2. The largest absolute Gasteiger partial charge is 1.00 e. The van der Waals surface area contributed by atoms with E-state index < -0.39 is 0 Å². The minimum atomic E-state index is -0.386. The van der Waals surface area contributed by atoms with Gasteiger partial charge in [-0.1, -0.05) is 6.58 Å². The van der Waals surface area contributed by atoms with Crippen LogP contribution in [-0.4, -0.2) is 48.0 Å². The van der Waals surface area contributed by atoms with Gasteiger partial charge in [0, 0.05) is 19.4 Å². The Morgan fingerprint density at radius 2 is 2.00 bits per heavy atom. The lowest BCUT2D eigenvalue weighted by Crippen LogP contribution is -3.00. The Morgan fingerprint density at radius 1 is 1.47 bits per heavy atom. The summed E-state index contributed by atoms with van der Waals surface area (Å²) in [7, 11) is 0. The first-order chi connectivity index (χ1) is 7.52. The Morgan fingerprint density at radius 3 is 2.35 bits per heavy atom. The minimum absolute atomic E-state index is 0. The van der Waals surface area contributed by atoms with Gasteiger partial charge >= 0.3 is 5.97 Å². The summed E-state index contributed by atoms with van der Waals surface area (Å²) in [5, 5.41) is 9.77. The first kappa shape index (κ1) is 18.8. The molecule has 0 aromatic heterocycles. The molecule has 0 aromatic carbocycles. The van der Waals surface area contributed by atoms with Gasteiger partial charge in [0.05, 0.1) is 26.2 Å². The lowest BCUT2D eigenvalue weighted by Gasteiger charge is -2.39. The molecule has 4 nitrogen and oxygen atoms in total. The quantitative estimate of drug-likeness (QED) is 0.187. The Balaban J connectivity index is 0. The molecule has 0 aliphatic rings. The monoisotopic (exact) mass is 265 g/mol. The standard InChI is InChI=1S/C12H24NO3.ClH/c1-5-12(15)16-10-8-9-13(6-2,7-3)11(4)14;/h5,11,14H,1,6-10H2,2-4H3;1H/q+1;/p-1. The van der Waals surface area contributed by atoms with Crippen molar-refractivity contribution in [3.05, 3.63) is 12.7 Å². The van der Waals surface area contributed by atoms with Crippen LogP contribution in [0, 0.1) is 0 Å². The maximum absolute atomic E-state index is 10.8. The summed E-state index contributed by atoms with van der Waals surface area (Å²) in [6, 6.07) is 0. The molecule has 0 fully saturated rings. The zero-order chi connectivity index (χ0) is 12.6. The van der Waals surface area contributed by atoms with Gasteiger partial charge in [-0.15, -0.1) is 0 Å². The summed E-state index contributed by atoms with van der Waals surface area (Å²) in [4.78, 5) is 10.8. The third-order valence-corrected chi connectivity index (χ3v) is 3.21. The number of aliphatic hydroxyl groups is 1. The average molecular weight is 266 g/mol. The number of carbonyl (C=O) groups excluding carboxylic acids is 1. The van der Waals surface area contributed by atoms with Gasteiger partial charge in [-0.25, -0.2) is 4.79 Å². The summed E-state index contributed by atoms with van der Waals surface area (Å²) in [6.07, 6.45) is 1.54. The lowest BCUT2D eigenvalue weighted by atomic mass is 10.2. The van der Waals surface area contributed by atoms with Crippen molar-refractivity contribution in [2.24, 2.45) is 0 Å². The highest BCUT2D eigenvalue weighted by Gasteiger charge is 2.28. The lowest BCUT2D eigenvalue weighted by molar-refractivity contribution is -0.966. The zero-order valence-electron chi connectivity index (χ0n) is 11.0. The topological polar surface area (TPSA) is 46.5 Å². The van der Waals surface area contributed by atoms with E-state index in [4.69, 9.17) is 4.74 Å². The van der Waals surface area contributed by atoms with Crippen LogP contribution in [0.3, 0.4) is 0 Å². The van der Waals surface area contributed by atoms with Gasteiger partial charge in [0.2, 0.25) is 0 Å². The van der Waals surface area contributed by atoms with E-state index in [1.165, 1.54) is 0 Å². The van der Waals surface area contributed by atoms with Gasteiger partial charge in [0.1, 0.15) is 0 Å². The van der Waals surface area contributed by atoms with E-state index in [2.05, 4.69) is 20.4 Å². The second kappa shape index (κ2) is 9.45. The van der Waals surface area contributed by atoms with Crippen molar-refractivity contribution in [1.82, 2.24) is 0 Å². The second-order valence-corrected chi connectivity index (χ2v) is 3.93. The van der Waals surface area contributed by atoms with E-state index in [1.54, 1.807) is 0 Å². The summed E-state index contributed by atoms with van der Waals surface area (Å²) < 4.78 is 5.55. The third-order valence-electron chi connectivity index (χ3n) is 3.21. The molecule has 0 saturated carbocycles. The van der Waals surface area contributed by atoms with Crippen LogP contribution in [-0.2, 0) is 9.53 Å². The Kier molecular flexibility index (Phi) is 10.4. The Hall–Kier alpha value is -0.580. The zero-order valence-corrected chi connectivity index (χ0v) is 11.7. The van der Waals surface area contributed by atoms with Crippen LogP contribution >= 0.6 is 0 Å². The molecule has 0 aliphatic carbocycles. The number of hydrogen-bond donors (Lipinski definition) is 1. The summed E-state index contributed by atoms with van der Waals surface area (Å²) >= 11 is 0. The van der Waals surface area contributed by atoms with E-state index >= 15 is 0 Å². The van der Waals surface area contributed by atoms with E-state index in [-0.39, 0.29) is 24.6 Å². The van der Waals surface area contributed by atoms with Gasteiger partial charge < -0.3 is 22.3 Å². The number of hydrogen-bond acceptors (Lipinski definition) is 3. The molecule has 0 aliphatic heterocycles. The van der Waals surface area contributed by atoms with Crippen LogP contribution in [0.4, 0.5) is 0 Å². The van der Waals surface area contributed by atoms with E-state index in [1.807, 2.05) is 6.92 Å². The van der Waals surface area contributed by atoms with Crippen molar-refractivity contribution >= 4 is 5.97 Å². The van der Waals surface area contributed by atoms with Crippen LogP contribution in [0.1, 0.15) is 27.2 Å². The predicted octanol–water partition coefficient (Wildman–Crippen LogP) is -1.70. The fourth-order valence-corrected chi connectivity index (χ4v) is 1.87. The average Bonchev–Trinajstić information content (AvgIpc) is 2.29. The molecule has 1 N–H and O–H groups in total. The molecule has 0 saturated heterocycles. The molecule has 17 heavy (non-hydrogen) atoms. The number of nitrogens with zero attached hydrogens (tertiary/aromatic N) is 1. The van der Waals surface area contributed by atoms with Gasteiger partial charge in [-0.3, -0.25) is 4.48 Å². The Bertz CT molecular complexity index is 228. The predicted molar refractivity (Wildman–Crippen MR) is 63.7 cm³/mol. The molecular weight excluding hydrogens is 242 g/mol. The number of quaternary nitrogens is 1. The molecule has 0 bridgehead atoms. The highest BCUT2D eigenvalue weighted by atomic mass is 35.5. The molecule has 102 valence electrons. The van der Waals surface area contributed by atoms with Crippen molar-refractivity contribution in [2.75, 3.05) is 26.2 Å². The fourth-order valence-electron chi connectivity index (χ4n) is 1.87. The van der Waals surface area contributed by atoms with Crippen molar-refractivity contribution < 1.29 is 31.5 Å². The van der Waals surface area contributed by atoms with Crippen LogP contribution in [0.2, 0.25) is 0 Å². The van der Waals surface area contributed by atoms with Gasteiger partial charge in [0.15, 0.2) is 6.23 Å². The molecule has 5 heteroatoms. The van der Waals surface area contributed by atoms with Crippen molar-refractivity contribution in [3.8, 4) is 0 Å². The highest BCUT2D eigenvalue weighted by molar-refractivity contribution is 5.81. The molecule has 0 spiro atoms. The van der Waals surface area contributed by atoms with Crippen LogP contribution in [0.5, 0.6) is 0 Å². The van der Waals surface area contributed by atoms with Gasteiger partial charge in [-0.2, -0.15) is 0 Å². The van der Waals surface area contributed by atoms with Crippen LogP contribution in [0.15, 0.2) is 12.7 Å². The number of ether oxygens (including phenoxy) is 1. The molecule has 0 rings (SSSR count). The normalized spacial score (nSPS) is 12.5. The molecule has 0 amide bonds. The van der Waals surface area contributed by atoms with E-state index in [9.17, 15) is 9.90 Å². The summed E-state index contributed by atoms with van der Waals surface area (Å²) in [5.41, 5.74) is 0. The van der Waals surface area contributed by atoms with E-state index in [0.29, 0.717) is 11.1 Å². The maximum Gasteiger partial charge on any atom is 0.330 e. The smallest absolute Gasteiger partial charge is 0.330 e. The van der Waals surface area contributed by atoms with E-state index in [0.717, 1.165) is 32.1 Å². The molecule has 1 unspecified atom stereocenters. The molecule has 0 radical (unpaired) electrons. The van der Waals surface area contributed by atoms with Crippen molar-refractivity contribution in [3.63, 3.8) is 0 Å². The SMILES string of the molecule is C=CC(=O)OCCC[N+](CC)(CC)C(C)O.[Cl-]. The molecule has 1 atom stereocenters. The Labute approximate surface area is 110 Å². The number of aliphatic hydroxyl groups excluding tert-OH is 1. The van der Waals surface area contributed by atoms with Crippen LogP contribution < -0.4 is 12.4 Å². The number of esters is 1. The van der Waals surface area contributed by atoms with Crippen LogP contribution in [0.25, 0.3) is 0 Å². The maximum atomic E-state index is 10.8. The molecule has 0 aromatic rings. The number of rotatable bonds is 8. The van der Waals surface area contributed by atoms with Gasteiger partial charge in [0.25, 0.3) is 0 Å². The first-order valence-corrected chi connectivity index (χ1v) is 5.85. The van der Waals surface area contributed by atoms with Crippen molar-refractivity contribution in [2.45, 2.75) is 33.4 Å². The van der Waals surface area contributed by atoms with Gasteiger partial charge in [-0.05, 0) is 13.8 Å². The summed E-state index contributed by atoms with van der Waals surface area (Å²) in [5.74, 6) is -0.386. The minimum Gasteiger partial charge on any atom is -1.00 e.